The van der Waals surface area contributed by atoms with Crippen LogP contribution in [0.15, 0.2) is 30.5 Å². The minimum Gasteiger partial charge on any atom is -0.315 e. The first kappa shape index (κ1) is 12.2. The number of thiazole rings is 1. The molecule has 3 rings (SSSR count). The summed E-state index contributed by atoms with van der Waals surface area (Å²) < 4.78 is 0. The molecule has 2 aromatic rings. The summed E-state index contributed by atoms with van der Waals surface area (Å²) in [5.41, 5.74) is 1.41. The Labute approximate surface area is 116 Å². The molecule has 2 nitrogen and oxygen atoms in total. The fourth-order valence-corrected chi connectivity index (χ4v) is 3.82. The molecule has 1 fully saturated rings. The highest BCUT2D eigenvalue weighted by atomic mass is 35.5. The predicted octanol–water partition coefficient (Wildman–Crippen LogP) is 3.19. The van der Waals surface area contributed by atoms with Crippen molar-refractivity contribution in [3.8, 4) is 0 Å². The Morgan fingerprint density at radius 2 is 2.17 bits per heavy atom. The molecule has 4 heteroatoms. The number of nitrogens with one attached hydrogen (secondary N) is 1. The fourth-order valence-electron chi connectivity index (χ4n) is 2.55. The van der Waals surface area contributed by atoms with Crippen molar-refractivity contribution in [2.45, 2.75) is 18.8 Å². The molecule has 0 unspecified atom stereocenters. The summed E-state index contributed by atoms with van der Waals surface area (Å²) in [4.78, 5) is 5.68. The molecule has 94 valence electrons. The fraction of sp³-hybridized carbons (Fsp3) is 0.357. The summed E-state index contributed by atoms with van der Waals surface area (Å²) in [6.45, 7) is 4.04. The molecule has 1 aliphatic heterocycles. The first-order valence-corrected chi connectivity index (χ1v) is 7.26. The van der Waals surface area contributed by atoms with E-state index in [0.29, 0.717) is 0 Å². The molecule has 0 bridgehead atoms. The summed E-state index contributed by atoms with van der Waals surface area (Å²) in [6, 6.07) is 8.19. The zero-order valence-corrected chi connectivity index (χ0v) is 11.8. The van der Waals surface area contributed by atoms with Crippen molar-refractivity contribution in [1.29, 1.82) is 0 Å². The lowest BCUT2D eigenvalue weighted by Gasteiger charge is -2.43. The summed E-state index contributed by atoms with van der Waals surface area (Å²) in [6.07, 6.45) is 3.02. The highest BCUT2D eigenvalue weighted by molar-refractivity contribution is 7.11. The second-order valence-corrected chi connectivity index (χ2v) is 6.61. The van der Waals surface area contributed by atoms with Crippen molar-refractivity contribution in [1.82, 2.24) is 10.3 Å². The quantitative estimate of drug-likeness (QED) is 0.933. The van der Waals surface area contributed by atoms with E-state index in [-0.39, 0.29) is 5.41 Å². The van der Waals surface area contributed by atoms with Crippen LogP contribution in [0.2, 0.25) is 5.02 Å². The summed E-state index contributed by atoms with van der Waals surface area (Å²) in [7, 11) is 0. The summed E-state index contributed by atoms with van der Waals surface area (Å²) >= 11 is 8.14. The van der Waals surface area contributed by atoms with Gasteiger partial charge in [0.1, 0.15) is 0 Å². The van der Waals surface area contributed by atoms with Crippen LogP contribution in [-0.4, -0.2) is 18.1 Å². The Morgan fingerprint density at radius 3 is 2.72 bits per heavy atom. The minimum atomic E-state index is 0.150. The van der Waals surface area contributed by atoms with Gasteiger partial charge in [-0.1, -0.05) is 29.8 Å². The maximum Gasteiger partial charge on any atom is 0.0896 e. The van der Waals surface area contributed by atoms with Gasteiger partial charge in [0.2, 0.25) is 0 Å². The Hall–Kier alpha value is -0.900. The van der Waals surface area contributed by atoms with E-state index >= 15 is 0 Å². The summed E-state index contributed by atoms with van der Waals surface area (Å²) in [5, 5.41) is 5.39. The van der Waals surface area contributed by atoms with Crippen molar-refractivity contribution in [2.24, 2.45) is 0 Å². The maximum atomic E-state index is 6.35. The van der Waals surface area contributed by atoms with E-state index in [1.54, 1.807) is 11.3 Å². The van der Waals surface area contributed by atoms with Crippen LogP contribution >= 0.6 is 22.9 Å². The van der Waals surface area contributed by atoms with Crippen LogP contribution in [0.25, 0.3) is 0 Å². The van der Waals surface area contributed by atoms with Crippen LogP contribution in [0.4, 0.5) is 0 Å². The summed E-state index contributed by atoms with van der Waals surface area (Å²) in [5.74, 6) is 0. The molecule has 0 aliphatic carbocycles. The zero-order chi connectivity index (χ0) is 12.6. The molecule has 2 heterocycles. The average molecular weight is 279 g/mol. The van der Waals surface area contributed by atoms with Gasteiger partial charge in [0.15, 0.2) is 0 Å². The van der Waals surface area contributed by atoms with Gasteiger partial charge in [0.25, 0.3) is 0 Å². The first-order valence-electron chi connectivity index (χ1n) is 6.07. The molecular formula is C14H15ClN2S. The van der Waals surface area contributed by atoms with Gasteiger partial charge in [-0.2, -0.15) is 0 Å². The van der Waals surface area contributed by atoms with Crippen LogP contribution in [0, 0.1) is 6.92 Å². The monoisotopic (exact) mass is 278 g/mol. The number of rotatable bonds is 3. The molecule has 1 aromatic carbocycles. The molecule has 0 saturated carbocycles. The number of nitrogens with zero attached hydrogens (tertiary/aromatic N) is 1. The second kappa shape index (κ2) is 4.65. The number of aromatic nitrogens is 1. The number of hydrogen-bond acceptors (Lipinski definition) is 3. The molecule has 18 heavy (non-hydrogen) atoms. The predicted molar refractivity (Wildman–Crippen MR) is 76.6 cm³/mol. The van der Waals surface area contributed by atoms with Crippen molar-refractivity contribution in [2.75, 3.05) is 13.1 Å². The van der Waals surface area contributed by atoms with E-state index in [1.165, 1.54) is 10.4 Å². The SMILES string of the molecule is Cc1ncc(CC2(c3ccccc3Cl)CNC2)s1. The third-order valence-electron chi connectivity index (χ3n) is 3.55. The molecular weight excluding hydrogens is 264 g/mol. The minimum absolute atomic E-state index is 0.150. The molecule has 1 N–H and O–H groups in total. The standard InChI is InChI=1S/C14H15ClN2S/c1-10-17-7-11(18-10)6-14(8-16-9-14)12-4-2-3-5-13(12)15/h2-5,7,16H,6,8-9H2,1H3. The van der Waals surface area contributed by atoms with Crippen LogP contribution in [0.5, 0.6) is 0 Å². The van der Waals surface area contributed by atoms with Gasteiger partial charge >= 0.3 is 0 Å². The van der Waals surface area contributed by atoms with Crippen LogP contribution in [0.1, 0.15) is 15.4 Å². The van der Waals surface area contributed by atoms with Gasteiger partial charge in [-0.25, -0.2) is 4.98 Å². The maximum absolute atomic E-state index is 6.35. The van der Waals surface area contributed by atoms with Gasteiger partial charge in [-0.05, 0) is 25.0 Å². The van der Waals surface area contributed by atoms with Crippen LogP contribution in [-0.2, 0) is 11.8 Å². The van der Waals surface area contributed by atoms with Crippen LogP contribution < -0.4 is 5.32 Å². The topological polar surface area (TPSA) is 24.9 Å². The number of benzene rings is 1. The second-order valence-electron chi connectivity index (χ2n) is 4.89. The largest absolute Gasteiger partial charge is 0.315 e. The molecule has 1 aromatic heterocycles. The number of halogens is 1. The Bertz CT molecular complexity index is 560. The Morgan fingerprint density at radius 1 is 1.39 bits per heavy atom. The molecule has 1 saturated heterocycles. The third-order valence-corrected chi connectivity index (χ3v) is 4.80. The molecule has 0 atom stereocenters. The van der Waals surface area contributed by atoms with E-state index < -0.39 is 0 Å². The van der Waals surface area contributed by atoms with Crippen LogP contribution in [0.3, 0.4) is 0 Å². The van der Waals surface area contributed by atoms with Crippen molar-refractivity contribution >= 4 is 22.9 Å². The molecule has 0 spiro atoms. The normalized spacial score (nSPS) is 17.4. The van der Waals surface area contributed by atoms with Crippen molar-refractivity contribution < 1.29 is 0 Å². The highest BCUT2D eigenvalue weighted by Gasteiger charge is 2.40. The average Bonchev–Trinajstić information content (AvgIpc) is 2.71. The Balaban J connectivity index is 1.93. The lowest BCUT2D eigenvalue weighted by molar-refractivity contribution is 0.276. The molecule has 1 aliphatic rings. The van der Waals surface area contributed by atoms with E-state index in [0.717, 1.165) is 29.5 Å². The van der Waals surface area contributed by atoms with Gasteiger partial charge in [0, 0.05) is 34.6 Å². The molecule has 0 amide bonds. The van der Waals surface area contributed by atoms with Gasteiger partial charge in [-0.15, -0.1) is 11.3 Å². The first-order chi connectivity index (χ1) is 8.70. The van der Waals surface area contributed by atoms with Crippen molar-refractivity contribution in [3.05, 3.63) is 50.9 Å². The third kappa shape index (κ3) is 2.07. The number of hydrogen-bond donors (Lipinski definition) is 1. The highest BCUT2D eigenvalue weighted by Crippen LogP contribution is 2.37. The van der Waals surface area contributed by atoms with E-state index in [4.69, 9.17) is 11.6 Å². The zero-order valence-electron chi connectivity index (χ0n) is 10.2. The lowest BCUT2D eigenvalue weighted by Crippen LogP contribution is -2.58. The number of aryl methyl sites for hydroxylation is 1. The van der Waals surface area contributed by atoms with E-state index in [1.807, 2.05) is 18.3 Å². The smallest absolute Gasteiger partial charge is 0.0896 e. The van der Waals surface area contributed by atoms with Crippen molar-refractivity contribution in [3.63, 3.8) is 0 Å². The van der Waals surface area contributed by atoms with E-state index in [2.05, 4.69) is 29.4 Å². The van der Waals surface area contributed by atoms with Gasteiger partial charge in [0.05, 0.1) is 5.01 Å². The van der Waals surface area contributed by atoms with Gasteiger partial charge < -0.3 is 5.32 Å². The lowest BCUT2D eigenvalue weighted by atomic mass is 9.72. The van der Waals surface area contributed by atoms with E-state index in [9.17, 15) is 0 Å². The Kier molecular flexibility index (Phi) is 3.14. The molecule has 0 radical (unpaired) electrons. The van der Waals surface area contributed by atoms with Gasteiger partial charge in [-0.3, -0.25) is 0 Å².